The van der Waals surface area contributed by atoms with Crippen LogP contribution in [0.1, 0.15) is 15.9 Å². The van der Waals surface area contributed by atoms with Gasteiger partial charge in [0.05, 0.1) is 5.56 Å². The second-order valence-corrected chi connectivity index (χ2v) is 6.03. The predicted octanol–water partition coefficient (Wildman–Crippen LogP) is 4.48. The molecule has 1 aromatic heterocycles. The monoisotopic (exact) mass is 344 g/mol. The summed E-state index contributed by atoms with van der Waals surface area (Å²) in [5.74, 6) is -3.04. The molecule has 0 aliphatic heterocycles. The molecule has 0 bridgehead atoms. The van der Waals surface area contributed by atoms with Crippen LogP contribution in [0.5, 0.6) is 0 Å². The van der Waals surface area contributed by atoms with E-state index in [9.17, 15) is 13.6 Å². The van der Waals surface area contributed by atoms with E-state index in [4.69, 9.17) is 0 Å². The molecule has 0 radical (unpaired) electrons. The van der Waals surface area contributed by atoms with Gasteiger partial charge < -0.3 is 5.32 Å². The van der Waals surface area contributed by atoms with Crippen LogP contribution < -0.4 is 5.32 Å². The average Bonchev–Trinajstić information content (AvgIpc) is 2.59. The number of amides is 1. The quantitative estimate of drug-likeness (QED) is 0.694. The Morgan fingerprint density at radius 3 is 2.71 bits per heavy atom. The fraction of sp³-hybridized carbons (Fsp3) is 0.111. The molecule has 0 aliphatic rings. The number of halogens is 2. The van der Waals surface area contributed by atoms with Crippen molar-refractivity contribution in [2.45, 2.75) is 17.3 Å². The number of nitrogens with zero attached hydrogens (tertiary/aromatic N) is 1. The lowest BCUT2D eigenvalue weighted by atomic mass is 10.0. The maximum atomic E-state index is 12.6. The Morgan fingerprint density at radius 1 is 1.08 bits per heavy atom. The molecule has 0 saturated carbocycles. The van der Waals surface area contributed by atoms with Crippen molar-refractivity contribution in [2.24, 2.45) is 0 Å². The maximum Gasteiger partial charge on any atom is 0.290 e. The molecule has 3 nitrogen and oxygen atoms in total. The number of carbonyl (C=O) groups excluding carboxylic acids is 1. The highest BCUT2D eigenvalue weighted by molar-refractivity contribution is 7.99. The number of pyridine rings is 1. The second-order valence-electron chi connectivity index (χ2n) is 5.06. The molecule has 0 fully saturated rings. The molecular weight excluding hydrogens is 330 g/mol. The van der Waals surface area contributed by atoms with E-state index >= 15 is 0 Å². The van der Waals surface area contributed by atoms with E-state index in [1.807, 2.05) is 42.5 Å². The number of benzene rings is 2. The van der Waals surface area contributed by atoms with Gasteiger partial charge in [-0.05, 0) is 40.2 Å². The summed E-state index contributed by atoms with van der Waals surface area (Å²) in [7, 11) is 0. The first-order valence-electron chi connectivity index (χ1n) is 7.30. The van der Waals surface area contributed by atoms with Crippen molar-refractivity contribution in [3.8, 4) is 0 Å². The third-order valence-corrected chi connectivity index (χ3v) is 4.26. The molecular formula is C18H14F2N2OS. The lowest BCUT2D eigenvalue weighted by molar-refractivity contribution is 0.0947. The Labute approximate surface area is 142 Å². The van der Waals surface area contributed by atoms with Crippen molar-refractivity contribution in [3.63, 3.8) is 0 Å². The average molecular weight is 344 g/mol. The van der Waals surface area contributed by atoms with E-state index < -0.39 is 11.7 Å². The van der Waals surface area contributed by atoms with Gasteiger partial charge in [-0.15, -0.1) is 0 Å². The van der Waals surface area contributed by atoms with Gasteiger partial charge in [-0.25, -0.2) is 4.98 Å². The van der Waals surface area contributed by atoms with Crippen LogP contribution >= 0.6 is 11.8 Å². The first-order valence-corrected chi connectivity index (χ1v) is 8.18. The van der Waals surface area contributed by atoms with Gasteiger partial charge in [0.25, 0.3) is 11.7 Å². The third-order valence-electron chi connectivity index (χ3n) is 3.54. The second kappa shape index (κ2) is 7.40. The van der Waals surface area contributed by atoms with Crippen molar-refractivity contribution in [2.75, 3.05) is 0 Å². The molecule has 3 aromatic rings. The minimum Gasteiger partial charge on any atom is -0.348 e. The molecule has 0 saturated heterocycles. The van der Waals surface area contributed by atoms with Gasteiger partial charge in [-0.2, -0.15) is 8.78 Å². The molecule has 24 heavy (non-hydrogen) atoms. The van der Waals surface area contributed by atoms with Gasteiger partial charge in [-0.3, -0.25) is 4.79 Å². The van der Waals surface area contributed by atoms with Gasteiger partial charge in [0.2, 0.25) is 0 Å². The molecule has 1 heterocycles. The van der Waals surface area contributed by atoms with E-state index in [2.05, 4.69) is 10.3 Å². The highest BCUT2D eigenvalue weighted by atomic mass is 32.2. The van der Waals surface area contributed by atoms with Gasteiger partial charge >= 0.3 is 0 Å². The minimum atomic E-state index is -2.62. The van der Waals surface area contributed by atoms with E-state index in [0.717, 1.165) is 16.3 Å². The first kappa shape index (κ1) is 16.4. The SMILES string of the molecule is O=C(NCc1cccc2ccccc12)c1cccnc1SC(F)F. The third kappa shape index (κ3) is 3.71. The largest absolute Gasteiger partial charge is 0.348 e. The molecule has 1 N–H and O–H groups in total. The number of thioether (sulfide) groups is 1. The van der Waals surface area contributed by atoms with Crippen molar-refractivity contribution >= 4 is 28.4 Å². The maximum absolute atomic E-state index is 12.6. The predicted molar refractivity (Wildman–Crippen MR) is 91.2 cm³/mol. The standard InChI is InChI=1S/C18H14F2N2OS/c19-18(20)24-17-15(9-4-10-21-17)16(23)22-11-13-7-3-6-12-5-1-2-8-14(12)13/h1-10,18H,11H2,(H,22,23). The number of fused-ring (bicyclic) bond motifs is 1. The van der Waals surface area contributed by atoms with Gasteiger partial charge in [-0.1, -0.05) is 42.5 Å². The molecule has 3 rings (SSSR count). The summed E-state index contributed by atoms with van der Waals surface area (Å²) in [5, 5.41) is 4.95. The van der Waals surface area contributed by atoms with Crippen LogP contribution in [0.15, 0.2) is 65.8 Å². The van der Waals surface area contributed by atoms with E-state index in [0.29, 0.717) is 6.54 Å². The molecule has 0 spiro atoms. The van der Waals surface area contributed by atoms with Gasteiger partial charge in [0, 0.05) is 12.7 Å². The molecule has 2 aromatic carbocycles. The molecule has 0 aliphatic carbocycles. The van der Waals surface area contributed by atoms with E-state index in [1.54, 1.807) is 6.07 Å². The zero-order valence-electron chi connectivity index (χ0n) is 12.6. The van der Waals surface area contributed by atoms with Crippen molar-refractivity contribution in [1.29, 1.82) is 0 Å². The van der Waals surface area contributed by atoms with Crippen LogP contribution in [0.2, 0.25) is 0 Å². The van der Waals surface area contributed by atoms with Crippen molar-refractivity contribution in [1.82, 2.24) is 10.3 Å². The molecule has 122 valence electrons. The Morgan fingerprint density at radius 2 is 1.88 bits per heavy atom. The van der Waals surface area contributed by atoms with Crippen molar-refractivity contribution in [3.05, 3.63) is 71.9 Å². The lowest BCUT2D eigenvalue weighted by Gasteiger charge is -2.10. The highest BCUT2D eigenvalue weighted by Crippen LogP contribution is 2.26. The smallest absolute Gasteiger partial charge is 0.290 e. The summed E-state index contributed by atoms with van der Waals surface area (Å²) < 4.78 is 25.2. The topological polar surface area (TPSA) is 42.0 Å². The zero-order chi connectivity index (χ0) is 16.9. The van der Waals surface area contributed by atoms with Crippen LogP contribution in [-0.2, 0) is 6.54 Å². The Bertz CT molecular complexity index is 865. The Kier molecular flexibility index (Phi) is 5.05. The summed E-state index contributed by atoms with van der Waals surface area (Å²) in [4.78, 5) is 16.2. The zero-order valence-corrected chi connectivity index (χ0v) is 13.4. The molecule has 0 atom stereocenters. The van der Waals surface area contributed by atoms with E-state index in [1.165, 1.54) is 12.3 Å². The number of hydrogen-bond acceptors (Lipinski definition) is 3. The summed E-state index contributed by atoms with van der Waals surface area (Å²) in [6.45, 7) is 0.313. The Balaban J connectivity index is 1.78. The Hall–Kier alpha value is -2.47. The highest BCUT2D eigenvalue weighted by Gasteiger charge is 2.16. The number of nitrogens with one attached hydrogen (secondary N) is 1. The fourth-order valence-electron chi connectivity index (χ4n) is 2.46. The van der Waals surface area contributed by atoms with Crippen LogP contribution in [0, 0.1) is 0 Å². The van der Waals surface area contributed by atoms with Crippen LogP contribution in [0.25, 0.3) is 10.8 Å². The van der Waals surface area contributed by atoms with Crippen molar-refractivity contribution < 1.29 is 13.6 Å². The normalized spacial score (nSPS) is 11.0. The number of carbonyl (C=O) groups is 1. The van der Waals surface area contributed by atoms with Crippen LogP contribution in [-0.4, -0.2) is 16.6 Å². The number of rotatable bonds is 5. The minimum absolute atomic E-state index is 0.0305. The summed E-state index contributed by atoms with van der Waals surface area (Å²) in [6, 6.07) is 16.8. The van der Waals surface area contributed by atoms with Gasteiger partial charge in [0.15, 0.2) is 0 Å². The van der Waals surface area contributed by atoms with E-state index in [-0.39, 0.29) is 22.4 Å². The van der Waals surface area contributed by atoms with Crippen LogP contribution in [0.3, 0.4) is 0 Å². The lowest BCUT2D eigenvalue weighted by Crippen LogP contribution is -2.23. The summed E-state index contributed by atoms with van der Waals surface area (Å²) in [6.07, 6.45) is 1.40. The number of hydrogen-bond donors (Lipinski definition) is 1. The van der Waals surface area contributed by atoms with Gasteiger partial charge in [0.1, 0.15) is 5.03 Å². The number of alkyl halides is 2. The molecule has 1 amide bonds. The fourth-order valence-corrected chi connectivity index (χ4v) is 3.04. The number of aromatic nitrogens is 1. The summed E-state index contributed by atoms with van der Waals surface area (Å²) >= 11 is 0.272. The molecule has 6 heteroatoms. The van der Waals surface area contributed by atoms with Crippen LogP contribution in [0.4, 0.5) is 8.78 Å². The first-order chi connectivity index (χ1) is 11.6. The summed E-state index contributed by atoms with van der Waals surface area (Å²) in [5.41, 5.74) is 1.12. The molecule has 0 unspecified atom stereocenters.